The minimum absolute atomic E-state index is 0.0692. The van der Waals surface area contributed by atoms with Crippen LogP contribution < -0.4 is 5.06 Å². The van der Waals surface area contributed by atoms with Crippen molar-refractivity contribution in [1.82, 2.24) is 4.90 Å². The Bertz CT molecular complexity index is 1010. The van der Waals surface area contributed by atoms with Crippen LogP contribution in [-0.2, 0) is 14.4 Å². The maximum atomic E-state index is 13.2. The molecular formula is C22H23N3O5. The number of nitrogens with zero attached hydrogens (tertiary/aromatic N) is 3. The van der Waals surface area contributed by atoms with Gasteiger partial charge < -0.3 is 0 Å². The van der Waals surface area contributed by atoms with Crippen molar-refractivity contribution in [3.63, 3.8) is 0 Å². The number of carbonyl (C=O) groups is 2. The number of amides is 2. The molecule has 156 valence electrons. The Morgan fingerprint density at radius 3 is 2.57 bits per heavy atom. The average molecular weight is 409 g/mol. The third-order valence-corrected chi connectivity index (χ3v) is 5.72. The molecule has 0 saturated carbocycles. The van der Waals surface area contributed by atoms with E-state index in [2.05, 4.69) is 0 Å². The van der Waals surface area contributed by atoms with E-state index in [0.717, 1.165) is 24.1 Å². The number of para-hydroxylation sites is 1. The lowest BCUT2D eigenvalue weighted by Crippen LogP contribution is -2.38. The molecule has 2 aliphatic heterocycles. The number of likely N-dealkylation sites (tertiary alicyclic amines) is 1. The first-order chi connectivity index (χ1) is 14.4. The number of hydroxylamine groups is 1. The minimum Gasteiger partial charge on any atom is -0.280 e. The Kier molecular flexibility index (Phi) is 5.26. The molecule has 8 nitrogen and oxygen atoms in total. The van der Waals surface area contributed by atoms with Gasteiger partial charge in [0.2, 0.25) is 5.91 Å². The first-order valence-corrected chi connectivity index (χ1v) is 10.0. The Balaban J connectivity index is 1.80. The third kappa shape index (κ3) is 3.23. The van der Waals surface area contributed by atoms with Gasteiger partial charge in [0.25, 0.3) is 11.6 Å². The minimum atomic E-state index is -0.932. The molecule has 0 aliphatic carbocycles. The number of fused-ring (bicyclic) bond motifs is 1. The quantitative estimate of drug-likeness (QED) is 0.412. The fourth-order valence-electron chi connectivity index (χ4n) is 4.19. The monoisotopic (exact) mass is 409 g/mol. The van der Waals surface area contributed by atoms with E-state index < -0.39 is 23.0 Å². The van der Waals surface area contributed by atoms with Crippen molar-refractivity contribution in [2.45, 2.75) is 38.8 Å². The number of unbranched alkanes of at least 4 members (excludes halogenated alkanes) is 1. The zero-order chi connectivity index (χ0) is 21.4. The van der Waals surface area contributed by atoms with Gasteiger partial charge in [-0.15, -0.1) is 0 Å². The van der Waals surface area contributed by atoms with Gasteiger partial charge in [-0.3, -0.25) is 29.4 Å². The normalized spacial score (nSPS) is 23.2. The SMILES string of the molecule is CCCCN1C(=O)C2ON(c3ccccc3C)C(c3cccc([N+](=O)[O-])c3)C2C1=O. The number of nitro groups is 1. The first-order valence-electron chi connectivity index (χ1n) is 10.0. The maximum Gasteiger partial charge on any atom is 0.269 e. The number of benzene rings is 2. The van der Waals surface area contributed by atoms with E-state index in [4.69, 9.17) is 4.84 Å². The zero-order valence-electron chi connectivity index (χ0n) is 16.9. The predicted octanol–water partition coefficient (Wildman–Crippen LogP) is 3.55. The number of imide groups is 1. The highest BCUT2D eigenvalue weighted by Crippen LogP contribution is 2.47. The van der Waals surface area contributed by atoms with Crippen molar-refractivity contribution in [2.75, 3.05) is 11.6 Å². The summed E-state index contributed by atoms with van der Waals surface area (Å²) in [5.41, 5.74) is 2.14. The van der Waals surface area contributed by atoms with E-state index in [1.54, 1.807) is 17.2 Å². The van der Waals surface area contributed by atoms with Gasteiger partial charge in [0.15, 0.2) is 6.10 Å². The van der Waals surface area contributed by atoms with E-state index in [1.807, 2.05) is 38.1 Å². The molecule has 2 aromatic rings. The first kappa shape index (κ1) is 20.0. The number of non-ortho nitro benzene ring substituents is 1. The highest BCUT2D eigenvalue weighted by atomic mass is 16.7. The predicted molar refractivity (Wildman–Crippen MR) is 109 cm³/mol. The van der Waals surface area contributed by atoms with Crippen LogP contribution in [0.2, 0.25) is 0 Å². The largest absolute Gasteiger partial charge is 0.280 e. The van der Waals surface area contributed by atoms with Gasteiger partial charge in [-0.05, 0) is 30.5 Å². The van der Waals surface area contributed by atoms with Gasteiger partial charge in [-0.1, -0.05) is 43.7 Å². The van der Waals surface area contributed by atoms with Crippen LogP contribution in [0.1, 0.15) is 36.9 Å². The second-order valence-electron chi connectivity index (χ2n) is 7.64. The maximum absolute atomic E-state index is 13.2. The molecule has 0 aromatic heterocycles. The molecule has 0 radical (unpaired) electrons. The summed E-state index contributed by atoms with van der Waals surface area (Å²) in [4.78, 5) is 44.4. The molecule has 4 rings (SSSR count). The Hall–Kier alpha value is -3.26. The van der Waals surface area contributed by atoms with E-state index in [0.29, 0.717) is 12.1 Å². The lowest BCUT2D eigenvalue weighted by atomic mass is 9.90. The van der Waals surface area contributed by atoms with Gasteiger partial charge in [-0.2, -0.15) is 0 Å². The van der Waals surface area contributed by atoms with Crippen LogP contribution in [-0.4, -0.2) is 34.3 Å². The number of carbonyl (C=O) groups excluding carboxylic acids is 2. The lowest BCUT2D eigenvalue weighted by molar-refractivity contribution is -0.384. The fourth-order valence-corrected chi connectivity index (χ4v) is 4.19. The molecule has 0 bridgehead atoms. The fraction of sp³-hybridized carbons (Fsp3) is 0.364. The number of hydrogen-bond donors (Lipinski definition) is 0. The molecule has 0 spiro atoms. The van der Waals surface area contributed by atoms with Crippen LogP contribution in [0.5, 0.6) is 0 Å². The summed E-state index contributed by atoms with van der Waals surface area (Å²) in [6.07, 6.45) is 0.648. The number of nitro benzene ring substituents is 1. The summed E-state index contributed by atoms with van der Waals surface area (Å²) in [5, 5.41) is 12.9. The standard InChI is InChI=1S/C22H23N3O5/c1-3-4-12-23-21(26)18-19(15-9-7-10-16(13-15)25(28)29)24(30-20(18)22(23)27)17-11-6-5-8-14(17)2/h5-11,13,18-20H,3-4,12H2,1-2H3. The third-order valence-electron chi connectivity index (χ3n) is 5.72. The molecule has 3 atom stereocenters. The van der Waals surface area contributed by atoms with Crippen molar-refractivity contribution in [3.8, 4) is 0 Å². The van der Waals surface area contributed by atoms with Crippen molar-refractivity contribution in [2.24, 2.45) is 5.92 Å². The summed E-state index contributed by atoms with van der Waals surface area (Å²) < 4.78 is 0. The van der Waals surface area contributed by atoms with E-state index in [-0.39, 0.29) is 17.5 Å². The van der Waals surface area contributed by atoms with Gasteiger partial charge in [0.1, 0.15) is 5.92 Å². The highest BCUT2D eigenvalue weighted by Gasteiger charge is 2.59. The zero-order valence-corrected chi connectivity index (χ0v) is 16.9. The molecule has 30 heavy (non-hydrogen) atoms. The lowest BCUT2D eigenvalue weighted by Gasteiger charge is -2.29. The van der Waals surface area contributed by atoms with Crippen molar-refractivity contribution < 1.29 is 19.3 Å². The van der Waals surface area contributed by atoms with Crippen LogP contribution in [0.25, 0.3) is 0 Å². The number of anilines is 1. The molecule has 2 aromatic carbocycles. The van der Waals surface area contributed by atoms with E-state index in [9.17, 15) is 19.7 Å². The van der Waals surface area contributed by atoms with Crippen LogP contribution in [0.15, 0.2) is 48.5 Å². The Morgan fingerprint density at radius 2 is 1.87 bits per heavy atom. The molecule has 0 N–H and O–H groups in total. The second kappa shape index (κ2) is 7.87. The summed E-state index contributed by atoms with van der Waals surface area (Å²) in [7, 11) is 0. The molecular weight excluding hydrogens is 386 g/mol. The van der Waals surface area contributed by atoms with E-state index in [1.165, 1.54) is 17.0 Å². The van der Waals surface area contributed by atoms with E-state index >= 15 is 0 Å². The topological polar surface area (TPSA) is 93.0 Å². The second-order valence-corrected chi connectivity index (χ2v) is 7.64. The van der Waals surface area contributed by atoms with Crippen LogP contribution in [0.4, 0.5) is 11.4 Å². The number of rotatable bonds is 6. The van der Waals surface area contributed by atoms with Crippen molar-refractivity contribution in [3.05, 3.63) is 69.8 Å². The van der Waals surface area contributed by atoms with Crippen molar-refractivity contribution >= 4 is 23.2 Å². The van der Waals surface area contributed by atoms with Crippen LogP contribution in [0, 0.1) is 23.0 Å². The summed E-state index contributed by atoms with van der Waals surface area (Å²) in [6.45, 7) is 4.26. The highest BCUT2D eigenvalue weighted by molar-refractivity contribution is 6.07. The van der Waals surface area contributed by atoms with Gasteiger partial charge >= 0.3 is 0 Å². The van der Waals surface area contributed by atoms with Gasteiger partial charge in [0.05, 0.1) is 16.7 Å². The molecule has 8 heteroatoms. The average Bonchev–Trinajstić information content (AvgIpc) is 3.23. The Labute approximate surface area is 174 Å². The van der Waals surface area contributed by atoms with Gasteiger partial charge in [0, 0.05) is 18.7 Å². The van der Waals surface area contributed by atoms with Crippen molar-refractivity contribution in [1.29, 1.82) is 0 Å². The Morgan fingerprint density at radius 1 is 1.10 bits per heavy atom. The molecule has 2 fully saturated rings. The van der Waals surface area contributed by atoms with Crippen LogP contribution in [0.3, 0.4) is 0 Å². The molecule has 2 saturated heterocycles. The molecule has 2 amide bonds. The molecule has 2 aliphatic rings. The number of hydrogen-bond acceptors (Lipinski definition) is 6. The summed E-state index contributed by atoms with van der Waals surface area (Å²) in [5.74, 6) is -1.38. The molecule has 2 heterocycles. The summed E-state index contributed by atoms with van der Waals surface area (Å²) in [6, 6.07) is 13.0. The van der Waals surface area contributed by atoms with Gasteiger partial charge in [-0.25, -0.2) is 5.06 Å². The molecule has 3 unspecified atom stereocenters. The number of aryl methyl sites for hydroxylation is 1. The van der Waals surface area contributed by atoms with Crippen LogP contribution >= 0.6 is 0 Å². The summed E-state index contributed by atoms with van der Waals surface area (Å²) >= 11 is 0. The smallest absolute Gasteiger partial charge is 0.269 e.